The van der Waals surface area contributed by atoms with Crippen LogP contribution in [0.15, 0.2) is 53.2 Å². The van der Waals surface area contributed by atoms with Crippen molar-refractivity contribution in [2.75, 3.05) is 26.3 Å². The smallest absolute Gasteiger partial charge is 0.435 e. The van der Waals surface area contributed by atoms with Gasteiger partial charge in [-0.25, -0.2) is 4.99 Å². The average molecular weight is 499 g/mol. The van der Waals surface area contributed by atoms with Crippen LogP contribution in [-0.4, -0.2) is 54.9 Å². The summed E-state index contributed by atoms with van der Waals surface area (Å²) in [5.41, 5.74) is 1.74. The number of aliphatic imine (C=N–C) groups is 1. The van der Waals surface area contributed by atoms with E-state index in [0.717, 1.165) is 17.2 Å². The summed E-state index contributed by atoms with van der Waals surface area (Å²) in [7, 11) is 0. The van der Waals surface area contributed by atoms with Gasteiger partial charge in [-0.2, -0.15) is 13.2 Å². The van der Waals surface area contributed by atoms with Crippen LogP contribution >= 0.6 is 0 Å². The van der Waals surface area contributed by atoms with Crippen molar-refractivity contribution in [2.45, 2.75) is 26.1 Å². The van der Waals surface area contributed by atoms with Gasteiger partial charge in [0.2, 0.25) is 5.91 Å². The zero-order valence-corrected chi connectivity index (χ0v) is 19.7. The Hall–Kier alpha value is -3.66. The van der Waals surface area contributed by atoms with E-state index in [1.165, 1.54) is 4.90 Å². The van der Waals surface area contributed by atoms with Crippen molar-refractivity contribution in [2.24, 2.45) is 10.9 Å². The molecule has 3 aliphatic heterocycles. The molecule has 0 bridgehead atoms. The number of hydrogen-bond acceptors (Lipinski definition) is 5. The van der Waals surface area contributed by atoms with Crippen LogP contribution in [0.5, 0.6) is 11.5 Å². The van der Waals surface area contributed by atoms with E-state index in [2.05, 4.69) is 10.3 Å². The van der Waals surface area contributed by atoms with Crippen LogP contribution in [0, 0.1) is 19.8 Å². The summed E-state index contributed by atoms with van der Waals surface area (Å²) in [5, 5.41) is 2.87. The number of benzene rings is 2. The Morgan fingerprint density at radius 1 is 1.03 bits per heavy atom. The van der Waals surface area contributed by atoms with Crippen LogP contribution in [0.3, 0.4) is 0 Å². The molecule has 5 rings (SSSR count). The second-order valence-corrected chi connectivity index (χ2v) is 9.05. The maximum absolute atomic E-state index is 13.7. The lowest BCUT2D eigenvalue weighted by Gasteiger charge is -2.34. The molecule has 2 amide bonds. The van der Waals surface area contributed by atoms with E-state index in [9.17, 15) is 22.8 Å². The highest BCUT2D eigenvalue weighted by Crippen LogP contribution is 2.44. The van der Waals surface area contributed by atoms with Crippen molar-refractivity contribution < 1.29 is 32.2 Å². The number of aryl methyl sites for hydroxylation is 2. The SMILES string of the molecule is Cc1ccc2c(c1)Oc1cc(C)ccc1C2NC(=O)C1C=C(N2CCOCC2)C(C(F)(F)F)=NC1=O. The van der Waals surface area contributed by atoms with Gasteiger partial charge in [0.1, 0.15) is 17.4 Å². The molecular weight excluding hydrogens is 475 g/mol. The van der Waals surface area contributed by atoms with E-state index >= 15 is 0 Å². The number of amides is 2. The molecule has 1 atom stereocenters. The van der Waals surface area contributed by atoms with Gasteiger partial charge in [-0.15, -0.1) is 0 Å². The molecule has 1 saturated heterocycles. The Bertz CT molecular complexity index is 1240. The molecule has 10 heteroatoms. The third kappa shape index (κ3) is 4.48. The molecule has 7 nitrogen and oxygen atoms in total. The second-order valence-electron chi connectivity index (χ2n) is 9.05. The second kappa shape index (κ2) is 9.09. The van der Waals surface area contributed by atoms with Crippen molar-refractivity contribution >= 4 is 17.5 Å². The monoisotopic (exact) mass is 499 g/mol. The average Bonchev–Trinajstić information content (AvgIpc) is 2.83. The van der Waals surface area contributed by atoms with E-state index in [1.54, 1.807) is 0 Å². The van der Waals surface area contributed by atoms with Gasteiger partial charge in [0.05, 0.1) is 25.0 Å². The number of carbonyl (C=O) groups is 2. The molecule has 1 fully saturated rings. The van der Waals surface area contributed by atoms with Crippen LogP contribution in [0.25, 0.3) is 0 Å². The van der Waals surface area contributed by atoms with Gasteiger partial charge < -0.3 is 19.7 Å². The zero-order valence-electron chi connectivity index (χ0n) is 19.7. The van der Waals surface area contributed by atoms with E-state index in [-0.39, 0.29) is 32.0 Å². The summed E-state index contributed by atoms with van der Waals surface area (Å²) in [6, 6.07) is 10.5. The molecule has 1 N–H and O–H groups in total. The van der Waals surface area contributed by atoms with Crippen LogP contribution in [0.1, 0.15) is 28.3 Å². The number of halogens is 3. The molecule has 2 aromatic rings. The van der Waals surface area contributed by atoms with Crippen molar-refractivity contribution in [3.63, 3.8) is 0 Å². The van der Waals surface area contributed by atoms with Gasteiger partial charge in [-0.1, -0.05) is 24.3 Å². The number of alkyl halides is 3. The van der Waals surface area contributed by atoms with Crippen LogP contribution < -0.4 is 10.1 Å². The van der Waals surface area contributed by atoms with Crippen molar-refractivity contribution in [3.05, 3.63) is 70.4 Å². The van der Waals surface area contributed by atoms with Gasteiger partial charge >= 0.3 is 6.18 Å². The van der Waals surface area contributed by atoms with E-state index < -0.39 is 35.7 Å². The quantitative estimate of drug-likeness (QED) is 0.646. The third-order valence-corrected chi connectivity index (χ3v) is 6.42. The lowest BCUT2D eigenvalue weighted by atomic mass is 9.91. The summed E-state index contributed by atoms with van der Waals surface area (Å²) in [6.45, 7) is 4.70. The summed E-state index contributed by atoms with van der Waals surface area (Å²) in [6.07, 6.45) is -3.76. The summed E-state index contributed by atoms with van der Waals surface area (Å²) in [5.74, 6) is -2.26. The number of ether oxygens (including phenoxy) is 2. The number of morpholine rings is 1. The first-order chi connectivity index (χ1) is 17.1. The Morgan fingerprint density at radius 3 is 2.17 bits per heavy atom. The van der Waals surface area contributed by atoms with Gasteiger partial charge in [-0.05, 0) is 43.2 Å². The molecule has 0 aliphatic carbocycles. The molecular formula is C26H24F3N3O4. The van der Waals surface area contributed by atoms with Gasteiger partial charge in [-0.3, -0.25) is 9.59 Å². The number of fused-ring (bicyclic) bond motifs is 2. The number of dihydropyridines is 1. The molecule has 3 aliphatic rings. The number of allylic oxidation sites excluding steroid dienone is 1. The molecule has 0 radical (unpaired) electrons. The Balaban J connectivity index is 1.50. The van der Waals surface area contributed by atoms with Crippen LogP contribution in [0.2, 0.25) is 0 Å². The molecule has 188 valence electrons. The number of hydrogen-bond donors (Lipinski definition) is 1. The maximum atomic E-state index is 13.7. The van der Waals surface area contributed by atoms with E-state index in [4.69, 9.17) is 9.47 Å². The predicted octanol–water partition coefficient (Wildman–Crippen LogP) is 3.99. The molecule has 0 aromatic heterocycles. The van der Waals surface area contributed by atoms with Crippen LogP contribution in [0.4, 0.5) is 13.2 Å². The van der Waals surface area contributed by atoms with Gasteiger partial charge in [0.25, 0.3) is 5.91 Å². The van der Waals surface area contributed by atoms with Crippen molar-refractivity contribution in [1.29, 1.82) is 0 Å². The minimum Gasteiger partial charge on any atom is -0.457 e. The minimum absolute atomic E-state index is 0.197. The zero-order chi connectivity index (χ0) is 25.6. The number of carbonyl (C=O) groups excluding carboxylic acids is 2. The summed E-state index contributed by atoms with van der Waals surface area (Å²) >= 11 is 0. The van der Waals surface area contributed by atoms with Crippen molar-refractivity contribution in [3.8, 4) is 11.5 Å². The number of nitrogens with one attached hydrogen (secondary N) is 1. The summed E-state index contributed by atoms with van der Waals surface area (Å²) < 4.78 is 52.5. The lowest BCUT2D eigenvalue weighted by molar-refractivity contribution is -0.132. The highest BCUT2D eigenvalue weighted by atomic mass is 19.4. The third-order valence-electron chi connectivity index (χ3n) is 6.42. The van der Waals surface area contributed by atoms with Crippen molar-refractivity contribution in [1.82, 2.24) is 10.2 Å². The molecule has 36 heavy (non-hydrogen) atoms. The Morgan fingerprint density at radius 2 is 1.61 bits per heavy atom. The Labute approximate surface area is 205 Å². The first-order valence-electron chi connectivity index (χ1n) is 11.6. The van der Waals surface area contributed by atoms with E-state index in [0.29, 0.717) is 22.6 Å². The summed E-state index contributed by atoms with van der Waals surface area (Å²) in [4.78, 5) is 30.9. The molecule has 1 unspecified atom stereocenters. The first kappa shape index (κ1) is 24.1. The molecule has 3 heterocycles. The molecule has 0 saturated carbocycles. The number of nitrogens with zero attached hydrogens (tertiary/aromatic N) is 2. The highest BCUT2D eigenvalue weighted by Gasteiger charge is 2.45. The first-order valence-corrected chi connectivity index (χ1v) is 11.6. The standard InChI is InChI=1S/C26H24F3N3O4/c1-14-3-5-16-20(11-14)36-21-12-15(2)4-6-17(21)22(16)30-24(33)18-13-19(32-7-9-35-10-8-32)23(26(27,28)29)31-25(18)34/h3-6,11-13,18,22H,7-10H2,1-2H3,(H,30,33). The molecule has 0 spiro atoms. The van der Waals surface area contributed by atoms with Gasteiger partial charge in [0.15, 0.2) is 5.71 Å². The predicted molar refractivity (Wildman–Crippen MR) is 125 cm³/mol. The largest absolute Gasteiger partial charge is 0.457 e. The number of rotatable bonds is 3. The molecule has 2 aromatic carbocycles. The fraction of sp³-hybridized carbons (Fsp3) is 0.346. The lowest BCUT2D eigenvalue weighted by Crippen LogP contribution is -2.46. The minimum atomic E-state index is -4.84. The van der Waals surface area contributed by atoms with E-state index in [1.807, 2.05) is 50.2 Å². The normalized spacial score (nSPS) is 20.1. The Kier molecular flexibility index (Phi) is 6.07. The highest BCUT2D eigenvalue weighted by molar-refractivity contribution is 6.17. The van der Waals surface area contributed by atoms with Crippen LogP contribution in [-0.2, 0) is 14.3 Å². The fourth-order valence-corrected chi connectivity index (χ4v) is 4.61. The fourth-order valence-electron chi connectivity index (χ4n) is 4.61. The maximum Gasteiger partial charge on any atom is 0.435 e. The topological polar surface area (TPSA) is 80.2 Å². The van der Waals surface area contributed by atoms with Gasteiger partial charge in [0, 0.05) is 24.2 Å².